The number of hydrogen-bond acceptors (Lipinski definition) is 5. The van der Waals surface area contributed by atoms with E-state index in [2.05, 4.69) is 0 Å². The van der Waals surface area contributed by atoms with E-state index >= 15 is 0 Å². The molecule has 1 aliphatic carbocycles. The van der Waals surface area contributed by atoms with Gasteiger partial charge in [-0.1, -0.05) is 0 Å². The molecule has 7 nitrogen and oxygen atoms in total. The van der Waals surface area contributed by atoms with E-state index in [4.69, 9.17) is 10.4 Å². The third-order valence-corrected chi connectivity index (χ3v) is 2.90. The zero-order valence-corrected chi connectivity index (χ0v) is 9.94. The summed E-state index contributed by atoms with van der Waals surface area (Å²) in [6, 6.07) is 5.88. The molecule has 1 N–H and O–H groups in total. The number of nitriles is 1. The van der Waals surface area contributed by atoms with Crippen LogP contribution in [0.25, 0.3) is 0 Å². The summed E-state index contributed by atoms with van der Waals surface area (Å²) in [5.74, 6) is -1.05. The number of benzene rings is 1. The van der Waals surface area contributed by atoms with Crippen LogP contribution in [0.4, 0.5) is 11.4 Å². The van der Waals surface area contributed by atoms with E-state index in [1.165, 1.54) is 23.1 Å². The van der Waals surface area contributed by atoms with E-state index in [1.54, 1.807) is 0 Å². The molecule has 1 saturated carbocycles. The van der Waals surface area contributed by atoms with Crippen LogP contribution in [0.3, 0.4) is 0 Å². The number of nitro groups is 1. The van der Waals surface area contributed by atoms with Crippen molar-refractivity contribution in [1.82, 2.24) is 0 Å². The molecule has 0 radical (unpaired) electrons. The van der Waals surface area contributed by atoms with Crippen LogP contribution in [0.5, 0.6) is 0 Å². The predicted molar refractivity (Wildman–Crippen MR) is 65.8 cm³/mol. The summed E-state index contributed by atoms with van der Waals surface area (Å²) in [5.41, 5.74) is 0.303. The molecule has 0 amide bonds. The summed E-state index contributed by atoms with van der Waals surface area (Å²) >= 11 is 0. The zero-order valence-electron chi connectivity index (χ0n) is 9.94. The van der Waals surface area contributed by atoms with Crippen molar-refractivity contribution in [2.75, 3.05) is 11.4 Å². The summed E-state index contributed by atoms with van der Waals surface area (Å²) in [7, 11) is 0. The van der Waals surface area contributed by atoms with Crippen molar-refractivity contribution in [3.8, 4) is 6.07 Å². The maximum absolute atomic E-state index is 11.0. The van der Waals surface area contributed by atoms with Crippen LogP contribution >= 0.6 is 0 Å². The van der Waals surface area contributed by atoms with Gasteiger partial charge in [0.25, 0.3) is 5.69 Å². The van der Waals surface area contributed by atoms with E-state index in [9.17, 15) is 14.9 Å². The van der Waals surface area contributed by atoms with Gasteiger partial charge >= 0.3 is 5.97 Å². The van der Waals surface area contributed by atoms with Crippen molar-refractivity contribution >= 4 is 17.3 Å². The van der Waals surface area contributed by atoms with Crippen molar-refractivity contribution < 1.29 is 14.8 Å². The van der Waals surface area contributed by atoms with Crippen molar-refractivity contribution in [1.29, 1.82) is 5.26 Å². The molecule has 0 heterocycles. The molecule has 1 aliphatic rings. The summed E-state index contributed by atoms with van der Waals surface area (Å²) in [5, 5.41) is 28.8. The van der Waals surface area contributed by atoms with Crippen LogP contribution < -0.4 is 4.90 Å². The SMILES string of the molecule is N#Cc1ccc([N+](=O)[O-])c(N(CC(=O)O)C2CC2)c1. The summed E-state index contributed by atoms with van der Waals surface area (Å²) < 4.78 is 0. The van der Waals surface area contributed by atoms with Crippen LogP contribution in [0.15, 0.2) is 18.2 Å². The first kappa shape index (κ1) is 12.8. The first-order chi connectivity index (χ1) is 9.02. The highest BCUT2D eigenvalue weighted by Gasteiger charge is 2.34. The summed E-state index contributed by atoms with van der Waals surface area (Å²) in [4.78, 5) is 22.8. The molecule has 0 aromatic heterocycles. The highest BCUT2D eigenvalue weighted by Crippen LogP contribution is 2.37. The number of carboxylic acid groups (broad SMARTS) is 1. The van der Waals surface area contributed by atoms with Crippen LogP contribution in [0, 0.1) is 21.4 Å². The minimum Gasteiger partial charge on any atom is -0.480 e. The molecule has 1 aromatic rings. The first-order valence-corrected chi connectivity index (χ1v) is 5.70. The highest BCUT2D eigenvalue weighted by atomic mass is 16.6. The fraction of sp³-hybridized carbons (Fsp3) is 0.333. The van der Waals surface area contributed by atoms with E-state index in [-0.39, 0.29) is 29.5 Å². The molecular weight excluding hydrogens is 250 g/mol. The number of nitrogens with zero attached hydrogens (tertiary/aromatic N) is 3. The Balaban J connectivity index is 2.46. The first-order valence-electron chi connectivity index (χ1n) is 5.70. The molecule has 0 bridgehead atoms. The molecule has 0 atom stereocenters. The largest absolute Gasteiger partial charge is 0.480 e. The summed E-state index contributed by atoms with van der Waals surface area (Å²) in [6.07, 6.45) is 1.61. The Bertz CT molecular complexity index is 575. The van der Waals surface area contributed by atoms with Crippen LogP contribution in [-0.4, -0.2) is 28.6 Å². The van der Waals surface area contributed by atoms with Gasteiger partial charge in [0.2, 0.25) is 0 Å². The average Bonchev–Trinajstić information content (AvgIpc) is 3.19. The molecule has 7 heteroatoms. The molecule has 0 spiro atoms. The minimum atomic E-state index is -1.05. The monoisotopic (exact) mass is 261 g/mol. The van der Waals surface area contributed by atoms with Gasteiger partial charge in [0.15, 0.2) is 0 Å². The van der Waals surface area contributed by atoms with Crippen LogP contribution in [-0.2, 0) is 4.79 Å². The molecule has 0 unspecified atom stereocenters. The number of rotatable bonds is 5. The second-order valence-corrected chi connectivity index (χ2v) is 4.33. The van der Waals surface area contributed by atoms with E-state index < -0.39 is 10.9 Å². The van der Waals surface area contributed by atoms with Gasteiger partial charge in [0.1, 0.15) is 12.2 Å². The second kappa shape index (κ2) is 4.94. The van der Waals surface area contributed by atoms with Crippen molar-refractivity contribution in [3.63, 3.8) is 0 Å². The van der Waals surface area contributed by atoms with Gasteiger partial charge in [0.05, 0.1) is 16.6 Å². The highest BCUT2D eigenvalue weighted by molar-refractivity contribution is 5.77. The van der Waals surface area contributed by atoms with E-state index in [1.807, 2.05) is 6.07 Å². The molecule has 19 heavy (non-hydrogen) atoms. The molecule has 98 valence electrons. The number of carboxylic acids is 1. The number of anilines is 1. The molecule has 1 fully saturated rings. The van der Waals surface area contributed by atoms with Gasteiger partial charge in [-0.25, -0.2) is 0 Å². The third kappa shape index (κ3) is 2.80. The Hall–Kier alpha value is -2.62. The maximum Gasteiger partial charge on any atom is 0.323 e. The van der Waals surface area contributed by atoms with Crippen LogP contribution in [0.1, 0.15) is 18.4 Å². The lowest BCUT2D eigenvalue weighted by atomic mass is 10.1. The quantitative estimate of drug-likeness (QED) is 0.636. The number of carbonyl (C=O) groups is 1. The van der Waals surface area contributed by atoms with Crippen LogP contribution in [0.2, 0.25) is 0 Å². The summed E-state index contributed by atoms with van der Waals surface area (Å²) in [6.45, 7) is -0.305. The molecule has 2 rings (SSSR count). The van der Waals surface area contributed by atoms with E-state index in [0.717, 1.165) is 12.8 Å². The van der Waals surface area contributed by atoms with Gasteiger partial charge in [-0.15, -0.1) is 0 Å². The fourth-order valence-electron chi connectivity index (χ4n) is 1.92. The standard InChI is InChI=1S/C12H11N3O4/c13-6-8-1-4-10(15(18)19)11(5-8)14(7-12(16)17)9-2-3-9/h1,4-5,9H,2-3,7H2,(H,16,17). The molecule has 0 aliphatic heterocycles. The Morgan fingerprint density at radius 2 is 2.26 bits per heavy atom. The van der Waals surface area contributed by atoms with Gasteiger partial charge in [-0.3, -0.25) is 14.9 Å². The van der Waals surface area contributed by atoms with Gasteiger partial charge in [0, 0.05) is 12.1 Å². The zero-order chi connectivity index (χ0) is 14.0. The number of nitro benzene ring substituents is 1. The smallest absolute Gasteiger partial charge is 0.323 e. The average molecular weight is 261 g/mol. The Morgan fingerprint density at radius 1 is 1.58 bits per heavy atom. The van der Waals surface area contributed by atoms with Gasteiger partial charge < -0.3 is 10.0 Å². The lowest BCUT2D eigenvalue weighted by Gasteiger charge is -2.22. The Morgan fingerprint density at radius 3 is 2.74 bits per heavy atom. The van der Waals surface area contributed by atoms with Crippen molar-refractivity contribution in [3.05, 3.63) is 33.9 Å². The topological polar surface area (TPSA) is 107 Å². The second-order valence-electron chi connectivity index (χ2n) is 4.33. The predicted octanol–water partition coefficient (Wildman–Crippen LogP) is 1.52. The van der Waals surface area contributed by atoms with Crippen molar-refractivity contribution in [2.24, 2.45) is 0 Å². The van der Waals surface area contributed by atoms with Crippen molar-refractivity contribution in [2.45, 2.75) is 18.9 Å². The fourth-order valence-corrected chi connectivity index (χ4v) is 1.92. The Kier molecular flexibility index (Phi) is 3.33. The normalized spacial score (nSPS) is 13.6. The van der Waals surface area contributed by atoms with E-state index in [0.29, 0.717) is 0 Å². The lowest BCUT2D eigenvalue weighted by molar-refractivity contribution is -0.384. The maximum atomic E-state index is 11.0. The lowest BCUT2D eigenvalue weighted by Crippen LogP contribution is -2.32. The molecular formula is C12H11N3O4. The Labute approximate surface area is 108 Å². The minimum absolute atomic E-state index is 0.00347. The number of aliphatic carboxylic acids is 1. The molecule has 1 aromatic carbocycles. The van der Waals surface area contributed by atoms with Gasteiger partial charge in [-0.2, -0.15) is 5.26 Å². The third-order valence-electron chi connectivity index (χ3n) is 2.90. The van der Waals surface area contributed by atoms with Gasteiger partial charge in [-0.05, 0) is 25.0 Å². The number of hydrogen-bond donors (Lipinski definition) is 1. The molecule has 0 saturated heterocycles.